The van der Waals surface area contributed by atoms with Crippen LogP contribution in [0.15, 0.2) is 42.5 Å². The van der Waals surface area contributed by atoms with Gasteiger partial charge in [0.25, 0.3) is 0 Å². The molecule has 0 aliphatic heterocycles. The topological polar surface area (TPSA) is 0 Å². The fraction of sp³-hybridized carbons (Fsp3) is 0.0769. The van der Waals surface area contributed by atoms with Crippen LogP contribution in [-0.4, -0.2) is 0 Å². The molecule has 18 heavy (non-hydrogen) atoms. The standard InChI is InChI=1S/C13H7Cl2F3/c14-10-4-1-8(2-5-10)11-6-3-9(7-12(11)15)13(16,17)18/h1-7H. The first-order valence-electron chi connectivity index (χ1n) is 5.00. The Labute approximate surface area is 112 Å². The maximum absolute atomic E-state index is 12.5. The molecule has 2 aromatic rings. The van der Waals surface area contributed by atoms with E-state index in [0.29, 0.717) is 10.6 Å². The van der Waals surface area contributed by atoms with Crippen molar-refractivity contribution in [2.24, 2.45) is 0 Å². The summed E-state index contributed by atoms with van der Waals surface area (Å²) in [6.07, 6.45) is -4.39. The molecular formula is C13H7Cl2F3. The lowest BCUT2D eigenvalue weighted by Gasteiger charge is -2.10. The van der Waals surface area contributed by atoms with Crippen LogP contribution >= 0.6 is 23.2 Å². The van der Waals surface area contributed by atoms with Gasteiger partial charge in [-0.15, -0.1) is 0 Å². The van der Waals surface area contributed by atoms with Gasteiger partial charge in [-0.3, -0.25) is 0 Å². The Bertz CT molecular complexity index is 559. The van der Waals surface area contributed by atoms with Crippen molar-refractivity contribution in [2.75, 3.05) is 0 Å². The Balaban J connectivity index is 2.45. The predicted octanol–water partition coefficient (Wildman–Crippen LogP) is 5.68. The van der Waals surface area contributed by atoms with Crippen molar-refractivity contribution in [3.8, 4) is 11.1 Å². The minimum atomic E-state index is -4.39. The Kier molecular flexibility index (Phi) is 3.55. The lowest BCUT2D eigenvalue weighted by atomic mass is 10.0. The molecule has 0 spiro atoms. The summed E-state index contributed by atoms with van der Waals surface area (Å²) in [6.45, 7) is 0. The van der Waals surface area contributed by atoms with Gasteiger partial charge in [-0.25, -0.2) is 0 Å². The molecule has 0 saturated carbocycles. The van der Waals surface area contributed by atoms with E-state index in [0.717, 1.165) is 17.7 Å². The highest BCUT2D eigenvalue weighted by atomic mass is 35.5. The maximum Gasteiger partial charge on any atom is 0.416 e. The highest BCUT2D eigenvalue weighted by Gasteiger charge is 2.30. The first-order chi connectivity index (χ1) is 8.38. The zero-order valence-electron chi connectivity index (χ0n) is 8.93. The second kappa shape index (κ2) is 4.82. The third-order valence-corrected chi connectivity index (χ3v) is 3.02. The van der Waals surface area contributed by atoms with E-state index in [-0.39, 0.29) is 5.02 Å². The molecule has 0 aliphatic carbocycles. The first kappa shape index (κ1) is 13.2. The third kappa shape index (κ3) is 2.79. The van der Waals surface area contributed by atoms with Crippen LogP contribution in [0.25, 0.3) is 11.1 Å². The van der Waals surface area contributed by atoms with Crippen LogP contribution in [0.3, 0.4) is 0 Å². The van der Waals surface area contributed by atoms with Gasteiger partial charge in [0.1, 0.15) is 0 Å². The summed E-state index contributed by atoms with van der Waals surface area (Å²) in [5, 5.41) is 0.619. The van der Waals surface area contributed by atoms with E-state index in [1.54, 1.807) is 24.3 Å². The number of hydrogen-bond donors (Lipinski definition) is 0. The molecule has 0 fully saturated rings. The van der Waals surface area contributed by atoms with Gasteiger partial charge in [0.05, 0.1) is 5.56 Å². The van der Waals surface area contributed by atoms with Gasteiger partial charge < -0.3 is 0 Å². The van der Waals surface area contributed by atoms with Crippen LogP contribution in [0.2, 0.25) is 10.0 Å². The molecule has 0 heterocycles. The van der Waals surface area contributed by atoms with E-state index >= 15 is 0 Å². The van der Waals surface area contributed by atoms with E-state index in [1.807, 2.05) is 0 Å². The summed E-state index contributed by atoms with van der Waals surface area (Å²) in [5.41, 5.74) is 0.504. The molecule has 0 aliphatic rings. The average molecular weight is 291 g/mol. The minimum absolute atomic E-state index is 0.0622. The number of halogens is 5. The first-order valence-corrected chi connectivity index (χ1v) is 5.76. The van der Waals surface area contributed by atoms with Crippen molar-refractivity contribution in [3.05, 3.63) is 58.1 Å². The molecule has 94 valence electrons. The predicted molar refractivity (Wildman–Crippen MR) is 66.9 cm³/mol. The summed E-state index contributed by atoms with van der Waals surface area (Å²) >= 11 is 11.6. The lowest BCUT2D eigenvalue weighted by molar-refractivity contribution is -0.137. The molecule has 0 unspecified atom stereocenters. The summed E-state index contributed by atoms with van der Waals surface area (Å²) < 4.78 is 37.4. The van der Waals surface area contributed by atoms with Crippen LogP contribution in [0.5, 0.6) is 0 Å². The zero-order chi connectivity index (χ0) is 13.3. The fourth-order valence-electron chi connectivity index (χ4n) is 1.55. The normalized spacial score (nSPS) is 11.6. The third-order valence-electron chi connectivity index (χ3n) is 2.45. The monoisotopic (exact) mass is 290 g/mol. The van der Waals surface area contributed by atoms with E-state index in [4.69, 9.17) is 23.2 Å². The second-order valence-corrected chi connectivity index (χ2v) is 4.54. The van der Waals surface area contributed by atoms with E-state index in [9.17, 15) is 13.2 Å². The van der Waals surface area contributed by atoms with Gasteiger partial charge in [-0.05, 0) is 29.8 Å². The molecule has 0 N–H and O–H groups in total. The van der Waals surface area contributed by atoms with E-state index in [2.05, 4.69) is 0 Å². The molecule has 2 aromatic carbocycles. The smallest absolute Gasteiger partial charge is 0.166 e. The molecule has 5 heteroatoms. The molecule has 0 amide bonds. The number of hydrogen-bond acceptors (Lipinski definition) is 0. The highest BCUT2D eigenvalue weighted by molar-refractivity contribution is 6.33. The molecule has 0 saturated heterocycles. The van der Waals surface area contributed by atoms with E-state index < -0.39 is 11.7 Å². The van der Waals surface area contributed by atoms with Crippen LogP contribution < -0.4 is 0 Å². The van der Waals surface area contributed by atoms with Crippen molar-refractivity contribution in [2.45, 2.75) is 6.18 Å². The molecule has 2 rings (SSSR count). The van der Waals surface area contributed by atoms with Gasteiger partial charge in [0.15, 0.2) is 0 Å². The second-order valence-electron chi connectivity index (χ2n) is 3.70. The summed E-state index contributed by atoms with van der Waals surface area (Å²) in [5.74, 6) is 0. The largest absolute Gasteiger partial charge is 0.416 e. The Morgan fingerprint density at radius 2 is 1.44 bits per heavy atom. The molecule has 0 nitrogen and oxygen atoms in total. The van der Waals surface area contributed by atoms with Gasteiger partial charge >= 0.3 is 6.18 Å². The summed E-state index contributed by atoms with van der Waals surface area (Å²) in [6, 6.07) is 10.0. The highest BCUT2D eigenvalue weighted by Crippen LogP contribution is 2.35. The van der Waals surface area contributed by atoms with E-state index in [1.165, 1.54) is 6.07 Å². The zero-order valence-corrected chi connectivity index (χ0v) is 10.4. The SMILES string of the molecule is FC(F)(F)c1ccc(-c2ccc(Cl)cc2)c(Cl)c1. The fourth-order valence-corrected chi connectivity index (χ4v) is 1.97. The maximum atomic E-state index is 12.5. The van der Waals surface area contributed by atoms with Gasteiger partial charge in [0.2, 0.25) is 0 Å². The van der Waals surface area contributed by atoms with Gasteiger partial charge in [0, 0.05) is 15.6 Å². The van der Waals surface area contributed by atoms with Crippen LogP contribution in [0.4, 0.5) is 13.2 Å². The van der Waals surface area contributed by atoms with Crippen molar-refractivity contribution in [1.29, 1.82) is 0 Å². The Morgan fingerprint density at radius 3 is 1.94 bits per heavy atom. The quantitative estimate of drug-likeness (QED) is 0.634. The van der Waals surface area contributed by atoms with Crippen LogP contribution in [0.1, 0.15) is 5.56 Å². The van der Waals surface area contributed by atoms with Crippen molar-refractivity contribution in [1.82, 2.24) is 0 Å². The Morgan fingerprint density at radius 1 is 0.833 bits per heavy atom. The van der Waals surface area contributed by atoms with Crippen molar-refractivity contribution < 1.29 is 13.2 Å². The molecule has 0 bridgehead atoms. The van der Waals surface area contributed by atoms with Gasteiger partial charge in [-0.2, -0.15) is 13.2 Å². The Hall–Kier alpha value is -1.19. The molecule has 0 atom stereocenters. The summed E-state index contributed by atoms with van der Waals surface area (Å²) in [7, 11) is 0. The average Bonchev–Trinajstić information content (AvgIpc) is 2.29. The molecule has 0 radical (unpaired) electrons. The van der Waals surface area contributed by atoms with Gasteiger partial charge in [-0.1, -0.05) is 41.4 Å². The number of benzene rings is 2. The minimum Gasteiger partial charge on any atom is -0.166 e. The number of alkyl halides is 3. The van der Waals surface area contributed by atoms with Crippen molar-refractivity contribution in [3.63, 3.8) is 0 Å². The summed E-state index contributed by atoms with van der Waals surface area (Å²) in [4.78, 5) is 0. The van der Waals surface area contributed by atoms with Crippen LogP contribution in [-0.2, 0) is 6.18 Å². The lowest BCUT2D eigenvalue weighted by Crippen LogP contribution is -2.04. The molecule has 0 aromatic heterocycles. The number of rotatable bonds is 1. The molecular weight excluding hydrogens is 284 g/mol. The van der Waals surface area contributed by atoms with Crippen molar-refractivity contribution >= 4 is 23.2 Å². The van der Waals surface area contributed by atoms with Crippen LogP contribution in [0, 0.1) is 0 Å².